The van der Waals surface area contributed by atoms with Gasteiger partial charge in [0.1, 0.15) is 0 Å². The van der Waals surface area contributed by atoms with E-state index in [1.54, 1.807) is 24.3 Å². The van der Waals surface area contributed by atoms with Gasteiger partial charge in [-0.1, -0.05) is 18.2 Å². The SMILES string of the molecule is O=C(CCOCC1CCCO1)Nc1ccccc1C(=O)NCc1ccc2c(c1)OCO2. The molecule has 8 heteroatoms. The number of para-hydroxylation sites is 1. The molecule has 0 aliphatic carbocycles. The van der Waals surface area contributed by atoms with E-state index >= 15 is 0 Å². The van der Waals surface area contributed by atoms with Crippen LogP contribution in [-0.4, -0.2) is 44.5 Å². The molecule has 2 N–H and O–H groups in total. The number of fused-ring (bicyclic) bond motifs is 1. The molecule has 31 heavy (non-hydrogen) atoms. The van der Waals surface area contributed by atoms with Crippen molar-refractivity contribution in [1.82, 2.24) is 5.32 Å². The summed E-state index contributed by atoms with van der Waals surface area (Å²) in [4.78, 5) is 25.0. The van der Waals surface area contributed by atoms with Crippen molar-refractivity contribution < 1.29 is 28.5 Å². The Morgan fingerprint density at radius 3 is 2.84 bits per heavy atom. The largest absolute Gasteiger partial charge is 0.454 e. The second-order valence-electron chi connectivity index (χ2n) is 7.42. The molecule has 0 aromatic heterocycles. The standard InChI is InChI=1S/C23H26N2O6/c26-22(9-11-28-14-17-4-3-10-29-17)25-19-6-2-1-5-18(19)23(27)24-13-16-7-8-20-21(12-16)31-15-30-20/h1-2,5-8,12,17H,3-4,9-11,13-15H2,(H,24,27)(H,25,26). The van der Waals surface area contributed by atoms with E-state index < -0.39 is 0 Å². The fraction of sp³-hybridized carbons (Fsp3) is 0.391. The van der Waals surface area contributed by atoms with Crippen molar-refractivity contribution in [3.8, 4) is 11.5 Å². The molecule has 2 aliphatic heterocycles. The minimum absolute atomic E-state index is 0.136. The number of anilines is 1. The zero-order valence-electron chi connectivity index (χ0n) is 17.2. The number of carbonyl (C=O) groups is 2. The van der Waals surface area contributed by atoms with Gasteiger partial charge in [0.2, 0.25) is 12.7 Å². The molecule has 1 fully saturated rings. The van der Waals surface area contributed by atoms with Crippen LogP contribution in [0.25, 0.3) is 0 Å². The van der Waals surface area contributed by atoms with E-state index in [1.165, 1.54) is 0 Å². The smallest absolute Gasteiger partial charge is 0.253 e. The van der Waals surface area contributed by atoms with E-state index in [9.17, 15) is 9.59 Å². The van der Waals surface area contributed by atoms with Gasteiger partial charge in [0, 0.05) is 13.2 Å². The summed E-state index contributed by atoms with van der Waals surface area (Å²) >= 11 is 0. The second-order valence-corrected chi connectivity index (χ2v) is 7.42. The Labute approximate surface area is 180 Å². The van der Waals surface area contributed by atoms with Crippen LogP contribution in [0.2, 0.25) is 0 Å². The molecule has 2 aromatic rings. The van der Waals surface area contributed by atoms with Crippen molar-refractivity contribution in [1.29, 1.82) is 0 Å². The molecule has 0 bridgehead atoms. The average Bonchev–Trinajstić information content (AvgIpc) is 3.47. The van der Waals surface area contributed by atoms with E-state index in [-0.39, 0.29) is 31.1 Å². The highest BCUT2D eigenvalue weighted by Crippen LogP contribution is 2.32. The van der Waals surface area contributed by atoms with Gasteiger partial charge in [-0.15, -0.1) is 0 Å². The van der Waals surface area contributed by atoms with Crippen molar-refractivity contribution >= 4 is 17.5 Å². The van der Waals surface area contributed by atoms with Gasteiger partial charge in [-0.2, -0.15) is 0 Å². The summed E-state index contributed by atoms with van der Waals surface area (Å²) in [6.07, 6.45) is 2.40. The first-order valence-electron chi connectivity index (χ1n) is 10.4. The number of hydrogen-bond donors (Lipinski definition) is 2. The normalized spacial score (nSPS) is 16.8. The fourth-order valence-corrected chi connectivity index (χ4v) is 3.49. The maximum absolute atomic E-state index is 12.7. The average molecular weight is 426 g/mol. The molecule has 0 radical (unpaired) electrons. The molecule has 8 nitrogen and oxygen atoms in total. The van der Waals surface area contributed by atoms with Crippen molar-refractivity contribution in [3.05, 3.63) is 53.6 Å². The molecule has 2 aliphatic rings. The summed E-state index contributed by atoms with van der Waals surface area (Å²) in [6.45, 7) is 2.13. The van der Waals surface area contributed by atoms with Crippen molar-refractivity contribution in [3.63, 3.8) is 0 Å². The maximum Gasteiger partial charge on any atom is 0.253 e. The van der Waals surface area contributed by atoms with E-state index in [4.69, 9.17) is 18.9 Å². The molecule has 0 saturated carbocycles. The number of nitrogens with one attached hydrogen (secondary N) is 2. The molecule has 2 heterocycles. The van der Waals surface area contributed by atoms with Crippen LogP contribution in [0, 0.1) is 0 Å². The topological polar surface area (TPSA) is 95.1 Å². The van der Waals surface area contributed by atoms with Crippen LogP contribution < -0.4 is 20.1 Å². The summed E-state index contributed by atoms with van der Waals surface area (Å²) in [5, 5.41) is 5.68. The van der Waals surface area contributed by atoms with Gasteiger partial charge in [-0.05, 0) is 42.7 Å². The molecule has 0 spiro atoms. The van der Waals surface area contributed by atoms with Crippen LogP contribution in [0.4, 0.5) is 5.69 Å². The fourth-order valence-electron chi connectivity index (χ4n) is 3.49. The number of hydrogen-bond acceptors (Lipinski definition) is 6. The lowest BCUT2D eigenvalue weighted by Crippen LogP contribution is -2.25. The van der Waals surface area contributed by atoms with Gasteiger partial charge in [-0.25, -0.2) is 0 Å². The zero-order valence-corrected chi connectivity index (χ0v) is 17.2. The molecule has 1 saturated heterocycles. The summed E-state index contributed by atoms with van der Waals surface area (Å²) in [5.41, 5.74) is 1.76. The summed E-state index contributed by atoms with van der Waals surface area (Å²) in [7, 11) is 0. The Kier molecular flexibility index (Phi) is 7.01. The van der Waals surface area contributed by atoms with Gasteiger partial charge in [0.25, 0.3) is 5.91 Å². The lowest BCUT2D eigenvalue weighted by atomic mass is 10.1. The molecule has 2 aromatic carbocycles. The third-order valence-corrected chi connectivity index (χ3v) is 5.14. The maximum atomic E-state index is 12.7. The Morgan fingerprint density at radius 1 is 1.10 bits per heavy atom. The molecule has 2 amide bonds. The Balaban J connectivity index is 1.26. The molecular formula is C23H26N2O6. The van der Waals surface area contributed by atoms with Crippen LogP contribution in [0.1, 0.15) is 35.2 Å². The number of rotatable bonds is 9. The molecule has 1 unspecified atom stereocenters. The van der Waals surface area contributed by atoms with Gasteiger partial charge >= 0.3 is 0 Å². The molecule has 164 valence electrons. The van der Waals surface area contributed by atoms with Crippen molar-refractivity contribution in [2.45, 2.75) is 31.9 Å². The van der Waals surface area contributed by atoms with Crippen LogP contribution in [0.15, 0.2) is 42.5 Å². The second kappa shape index (κ2) is 10.3. The van der Waals surface area contributed by atoms with E-state index in [0.717, 1.165) is 25.0 Å². The van der Waals surface area contributed by atoms with E-state index in [2.05, 4.69) is 10.6 Å². The van der Waals surface area contributed by atoms with Gasteiger partial charge in [-0.3, -0.25) is 9.59 Å². The number of benzene rings is 2. The summed E-state index contributed by atoms with van der Waals surface area (Å²) in [5.74, 6) is 0.885. The summed E-state index contributed by atoms with van der Waals surface area (Å²) in [6, 6.07) is 12.5. The predicted octanol–water partition coefficient (Wildman–Crippen LogP) is 2.87. The third kappa shape index (κ3) is 5.74. The quantitative estimate of drug-likeness (QED) is 0.599. The van der Waals surface area contributed by atoms with Crippen molar-refractivity contribution in [2.75, 3.05) is 31.9 Å². The van der Waals surface area contributed by atoms with Gasteiger partial charge in [0.15, 0.2) is 11.5 Å². The van der Waals surface area contributed by atoms with Crippen LogP contribution in [0.3, 0.4) is 0 Å². The minimum Gasteiger partial charge on any atom is -0.454 e. The minimum atomic E-state index is -0.275. The number of amides is 2. The van der Waals surface area contributed by atoms with Crippen LogP contribution in [0.5, 0.6) is 11.5 Å². The highest BCUT2D eigenvalue weighted by molar-refractivity contribution is 6.03. The van der Waals surface area contributed by atoms with Gasteiger partial charge < -0.3 is 29.6 Å². The van der Waals surface area contributed by atoms with Crippen LogP contribution >= 0.6 is 0 Å². The Morgan fingerprint density at radius 2 is 1.97 bits per heavy atom. The van der Waals surface area contributed by atoms with Crippen molar-refractivity contribution in [2.24, 2.45) is 0 Å². The summed E-state index contributed by atoms with van der Waals surface area (Å²) < 4.78 is 21.7. The lowest BCUT2D eigenvalue weighted by Gasteiger charge is -2.13. The Bertz CT molecular complexity index is 926. The predicted molar refractivity (Wildman–Crippen MR) is 113 cm³/mol. The van der Waals surface area contributed by atoms with Gasteiger partial charge in [0.05, 0.1) is 37.0 Å². The first-order chi connectivity index (χ1) is 15.2. The molecule has 4 rings (SSSR count). The van der Waals surface area contributed by atoms with Crippen LogP contribution in [-0.2, 0) is 20.8 Å². The number of carbonyl (C=O) groups excluding carboxylic acids is 2. The highest BCUT2D eigenvalue weighted by atomic mass is 16.7. The highest BCUT2D eigenvalue weighted by Gasteiger charge is 2.17. The number of ether oxygens (including phenoxy) is 4. The van der Waals surface area contributed by atoms with E-state index in [0.29, 0.717) is 42.5 Å². The lowest BCUT2D eigenvalue weighted by molar-refractivity contribution is -0.117. The van der Waals surface area contributed by atoms with E-state index in [1.807, 2.05) is 18.2 Å². The molecule has 1 atom stereocenters. The first kappa shape index (κ1) is 21.1. The third-order valence-electron chi connectivity index (χ3n) is 5.14. The monoisotopic (exact) mass is 426 g/mol. The Hall–Kier alpha value is -3.10. The molecular weight excluding hydrogens is 400 g/mol. The zero-order chi connectivity index (χ0) is 21.5. The first-order valence-corrected chi connectivity index (χ1v) is 10.4.